The van der Waals surface area contributed by atoms with Crippen LogP contribution in [0.25, 0.3) is 16.9 Å². The summed E-state index contributed by atoms with van der Waals surface area (Å²) in [7, 11) is 2.95. The van der Waals surface area contributed by atoms with E-state index in [-0.39, 0.29) is 18.0 Å². The minimum Gasteiger partial charge on any atom is -0.325 e. The number of nitro benzene ring substituents is 1. The summed E-state index contributed by atoms with van der Waals surface area (Å²) in [4.78, 5) is 51.7. The van der Waals surface area contributed by atoms with E-state index in [1.165, 1.54) is 34.8 Å². The first-order chi connectivity index (χ1) is 16.2. The van der Waals surface area contributed by atoms with Crippen molar-refractivity contribution >= 4 is 28.6 Å². The molecule has 4 rings (SSSR count). The van der Waals surface area contributed by atoms with Crippen LogP contribution in [0.5, 0.6) is 0 Å². The second kappa shape index (κ2) is 8.77. The number of non-ortho nitro benzene ring substituents is 1. The predicted octanol–water partition coefficient (Wildman–Crippen LogP) is 1.25. The van der Waals surface area contributed by atoms with E-state index >= 15 is 0 Å². The summed E-state index contributed by atoms with van der Waals surface area (Å²) in [5.74, 6) is 0.182. The number of aryl methyl sites for hydroxylation is 3. The number of nitro groups is 1. The van der Waals surface area contributed by atoms with Crippen molar-refractivity contribution in [1.82, 2.24) is 28.5 Å². The van der Waals surface area contributed by atoms with Crippen molar-refractivity contribution in [2.45, 2.75) is 26.3 Å². The Labute approximate surface area is 192 Å². The smallest absolute Gasteiger partial charge is 0.325 e. The standard InChI is InChI=1S/C21H22N8O5/c1-13-11-16(28(24-13)14-6-8-15(9-7-14)29(33)34)23-17(30)5-4-10-27-12-22-19-18(27)20(31)26(3)21(32)25(19)2/h6-9,11-12H,4-5,10H2,1-3H3,(H,23,30). The number of fused-ring (bicyclic) bond motifs is 1. The number of amides is 1. The van der Waals surface area contributed by atoms with Gasteiger partial charge in [0.05, 0.1) is 22.6 Å². The Hall–Kier alpha value is -4.55. The summed E-state index contributed by atoms with van der Waals surface area (Å²) in [5.41, 5.74) is 0.891. The van der Waals surface area contributed by atoms with Gasteiger partial charge in [-0.2, -0.15) is 5.10 Å². The highest BCUT2D eigenvalue weighted by atomic mass is 16.6. The molecule has 0 spiro atoms. The maximum atomic E-state index is 12.6. The Morgan fingerprint density at radius 3 is 2.53 bits per heavy atom. The fraction of sp³-hybridized carbons (Fsp3) is 0.286. The Kier molecular flexibility index (Phi) is 5.84. The van der Waals surface area contributed by atoms with Crippen LogP contribution in [-0.4, -0.2) is 39.3 Å². The van der Waals surface area contributed by atoms with Crippen LogP contribution in [0.3, 0.4) is 0 Å². The van der Waals surface area contributed by atoms with Crippen molar-refractivity contribution in [2.24, 2.45) is 14.1 Å². The van der Waals surface area contributed by atoms with Gasteiger partial charge in [0.15, 0.2) is 11.2 Å². The summed E-state index contributed by atoms with van der Waals surface area (Å²) >= 11 is 0. The van der Waals surface area contributed by atoms with E-state index in [1.54, 1.807) is 36.7 Å². The first-order valence-corrected chi connectivity index (χ1v) is 10.4. The van der Waals surface area contributed by atoms with Crippen LogP contribution >= 0.6 is 0 Å². The van der Waals surface area contributed by atoms with Gasteiger partial charge < -0.3 is 9.88 Å². The van der Waals surface area contributed by atoms with Crippen LogP contribution in [0.15, 0.2) is 46.2 Å². The molecule has 0 bridgehead atoms. The van der Waals surface area contributed by atoms with Crippen molar-refractivity contribution in [3.05, 3.63) is 73.3 Å². The van der Waals surface area contributed by atoms with Gasteiger partial charge in [0.2, 0.25) is 5.91 Å². The van der Waals surface area contributed by atoms with Crippen molar-refractivity contribution in [1.29, 1.82) is 0 Å². The maximum absolute atomic E-state index is 12.6. The first kappa shape index (κ1) is 22.6. The molecule has 1 N–H and O–H groups in total. The number of nitrogens with one attached hydrogen (secondary N) is 1. The summed E-state index contributed by atoms with van der Waals surface area (Å²) in [6, 6.07) is 7.55. The van der Waals surface area contributed by atoms with E-state index < -0.39 is 16.2 Å². The maximum Gasteiger partial charge on any atom is 0.332 e. The molecule has 1 amide bonds. The second-order valence-electron chi connectivity index (χ2n) is 7.82. The molecule has 0 saturated heterocycles. The minimum absolute atomic E-state index is 0.0415. The number of aromatic nitrogens is 6. The third kappa shape index (κ3) is 4.10. The van der Waals surface area contributed by atoms with Crippen molar-refractivity contribution < 1.29 is 9.72 Å². The van der Waals surface area contributed by atoms with Gasteiger partial charge in [-0.15, -0.1) is 0 Å². The van der Waals surface area contributed by atoms with Crippen LogP contribution in [-0.2, 0) is 25.4 Å². The molecule has 0 unspecified atom stereocenters. The van der Waals surface area contributed by atoms with E-state index in [0.717, 1.165) is 4.57 Å². The molecule has 0 aliphatic heterocycles. The highest BCUT2D eigenvalue weighted by Gasteiger charge is 2.15. The van der Waals surface area contributed by atoms with Gasteiger partial charge in [-0.05, 0) is 25.5 Å². The highest BCUT2D eigenvalue weighted by Crippen LogP contribution is 2.20. The van der Waals surface area contributed by atoms with Gasteiger partial charge in [-0.1, -0.05) is 0 Å². The number of nitrogens with zero attached hydrogens (tertiary/aromatic N) is 7. The molecule has 0 radical (unpaired) electrons. The topological polar surface area (TPSA) is 152 Å². The molecule has 3 aromatic heterocycles. The zero-order valence-corrected chi connectivity index (χ0v) is 18.8. The SMILES string of the molecule is Cc1cc(NC(=O)CCCn2cnc3c2c(=O)n(C)c(=O)n3C)n(-c2ccc([N+](=O)[O-])cc2)n1. The largest absolute Gasteiger partial charge is 0.332 e. The predicted molar refractivity (Wildman–Crippen MR) is 123 cm³/mol. The molecule has 13 nitrogen and oxygen atoms in total. The monoisotopic (exact) mass is 466 g/mol. The molecule has 34 heavy (non-hydrogen) atoms. The zero-order valence-electron chi connectivity index (χ0n) is 18.8. The number of rotatable bonds is 7. The second-order valence-corrected chi connectivity index (χ2v) is 7.82. The fourth-order valence-electron chi connectivity index (χ4n) is 3.68. The molecular formula is C21H22N8O5. The first-order valence-electron chi connectivity index (χ1n) is 10.4. The number of carbonyl (C=O) groups excluding carboxylic acids is 1. The molecule has 0 saturated carbocycles. The van der Waals surface area contributed by atoms with Gasteiger partial charge in [0, 0.05) is 45.3 Å². The van der Waals surface area contributed by atoms with E-state index in [2.05, 4.69) is 15.4 Å². The van der Waals surface area contributed by atoms with Gasteiger partial charge in [-0.3, -0.25) is 28.8 Å². The molecule has 3 heterocycles. The summed E-state index contributed by atoms with van der Waals surface area (Å²) in [6.07, 6.45) is 2.07. The van der Waals surface area contributed by atoms with Crippen LogP contribution < -0.4 is 16.6 Å². The quantitative estimate of drug-likeness (QED) is 0.318. The number of benzene rings is 1. The Balaban J connectivity index is 1.45. The third-order valence-electron chi connectivity index (χ3n) is 5.42. The lowest BCUT2D eigenvalue weighted by Gasteiger charge is -2.09. The Morgan fingerprint density at radius 2 is 1.85 bits per heavy atom. The average molecular weight is 466 g/mol. The molecule has 176 valence electrons. The lowest BCUT2D eigenvalue weighted by atomic mass is 10.2. The number of carbonyl (C=O) groups is 1. The summed E-state index contributed by atoms with van der Waals surface area (Å²) in [5, 5.41) is 18.0. The van der Waals surface area contributed by atoms with Gasteiger partial charge in [-0.25, -0.2) is 14.5 Å². The van der Waals surface area contributed by atoms with Crippen LogP contribution in [0, 0.1) is 17.0 Å². The minimum atomic E-state index is -0.486. The van der Waals surface area contributed by atoms with Crippen molar-refractivity contribution in [3.63, 3.8) is 0 Å². The van der Waals surface area contributed by atoms with E-state index in [1.807, 2.05) is 0 Å². The van der Waals surface area contributed by atoms with Crippen LogP contribution in [0.4, 0.5) is 11.5 Å². The number of imidazole rings is 1. The molecule has 0 fully saturated rings. The van der Waals surface area contributed by atoms with Crippen LogP contribution in [0.2, 0.25) is 0 Å². The van der Waals surface area contributed by atoms with E-state index in [4.69, 9.17) is 0 Å². The lowest BCUT2D eigenvalue weighted by molar-refractivity contribution is -0.384. The van der Waals surface area contributed by atoms with E-state index in [9.17, 15) is 24.5 Å². The number of hydrogen-bond donors (Lipinski definition) is 1. The normalized spacial score (nSPS) is 11.1. The van der Waals surface area contributed by atoms with Crippen molar-refractivity contribution in [3.8, 4) is 5.69 Å². The highest BCUT2D eigenvalue weighted by molar-refractivity contribution is 5.90. The van der Waals surface area contributed by atoms with Crippen molar-refractivity contribution in [2.75, 3.05) is 5.32 Å². The third-order valence-corrected chi connectivity index (χ3v) is 5.42. The lowest BCUT2D eigenvalue weighted by Crippen LogP contribution is -2.37. The number of anilines is 1. The Morgan fingerprint density at radius 1 is 1.15 bits per heavy atom. The summed E-state index contributed by atoms with van der Waals surface area (Å²) < 4.78 is 5.47. The molecule has 0 atom stereocenters. The number of hydrogen-bond acceptors (Lipinski definition) is 7. The fourth-order valence-corrected chi connectivity index (χ4v) is 3.68. The van der Waals surface area contributed by atoms with E-state index in [0.29, 0.717) is 41.3 Å². The molecular weight excluding hydrogens is 444 g/mol. The summed E-state index contributed by atoms with van der Waals surface area (Å²) in [6.45, 7) is 2.13. The zero-order chi connectivity index (χ0) is 24.6. The van der Waals surface area contributed by atoms with Crippen LogP contribution in [0.1, 0.15) is 18.5 Å². The van der Waals surface area contributed by atoms with Gasteiger partial charge in [0.1, 0.15) is 5.82 Å². The average Bonchev–Trinajstić information content (AvgIpc) is 3.39. The molecule has 13 heteroatoms. The molecule has 4 aromatic rings. The molecule has 0 aliphatic rings. The molecule has 0 aliphatic carbocycles. The Bertz CT molecular complexity index is 1520. The van der Waals surface area contributed by atoms with Gasteiger partial charge >= 0.3 is 5.69 Å². The van der Waals surface area contributed by atoms with Gasteiger partial charge in [0.25, 0.3) is 11.2 Å². The molecule has 1 aromatic carbocycles.